The molecule has 0 aromatic carbocycles. The largest absolute Gasteiger partial charge is 0.462 e. The van der Waals surface area contributed by atoms with Gasteiger partial charge in [0.05, 0.1) is 6.10 Å². The van der Waals surface area contributed by atoms with Gasteiger partial charge in [0, 0.05) is 32.9 Å². The van der Waals surface area contributed by atoms with Gasteiger partial charge in [-0.2, -0.15) is 0 Å². The minimum Gasteiger partial charge on any atom is -0.462 e. The first-order chi connectivity index (χ1) is 30.3. The third-order valence-electron chi connectivity index (χ3n) is 12.6. The van der Waals surface area contributed by atoms with Crippen molar-refractivity contribution in [3.05, 3.63) is 0 Å². The van der Waals surface area contributed by atoms with Gasteiger partial charge in [0.2, 0.25) is 11.8 Å². The van der Waals surface area contributed by atoms with E-state index in [1.54, 1.807) is 0 Å². The smallest absolute Gasteiger partial charge is 0.306 e. The maximum absolute atomic E-state index is 12.7. The Morgan fingerprint density at radius 2 is 1.08 bits per heavy atom. The molecule has 1 rings (SSSR count). The molecule has 0 radical (unpaired) electrons. The van der Waals surface area contributed by atoms with Crippen molar-refractivity contribution in [3.63, 3.8) is 0 Å². The Bertz CT molecular complexity index is 992. The number of amides is 2. The van der Waals surface area contributed by atoms with Crippen LogP contribution >= 0.6 is 0 Å². The fourth-order valence-electron chi connectivity index (χ4n) is 8.46. The molecule has 62 heavy (non-hydrogen) atoms. The minimum absolute atomic E-state index is 0.00158. The van der Waals surface area contributed by atoms with E-state index in [2.05, 4.69) is 43.2 Å². The van der Waals surface area contributed by atoms with Crippen molar-refractivity contribution in [2.45, 2.75) is 284 Å². The van der Waals surface area contributed by atoms with Crippen molar-refractivity contribution in [2.24, 2.45) is 0 Å². The third kappa shape index (κ3) is 39.6. The molecule has 0 aromatic heterocycles. The van der Waals surface area contributed by atoms with E-state index in [4.69, 9.17) is 9.47 Å². The average molecular weight is 878 g/mol. The topological polar surface area (TPSA) is 114 Å². The van der Waals surface area contributed by atoms with Gasteiger partial charge in [-0.25, -0.2) is 0 Å². The second-order valence-corrected chi connectivity index (χ2v) is 18.4. The molecule has 9 heteroatoms. The summed E-state index contributed by atoms with van der Waals surface area (Å²) in [4.78, 5) is 49.6. The second kappa shape index (κ2) is 47.0. The quantitative estimate of drug-likeness (QED) is 0.0356. The second-order valence-electron chi connectivity index (χ2n) is 18.4. The van der Waals surface area contributed by atoms with Gasteiger partial charge >= 0.3 is 5.97 Å². The van der Waals surface area contributed by atoms with Gasteiger partial charge in [0.1, 0.15) is 18.4 Å². The van der Waals surface area contributed by atoms with Gasteiger partial charge in [-0.05, 0) is 96.7 Å². The highest BCUT2D eigenvalue weighted by Crippen LogP contribution is 2.19. The first kappa shape index (κ1) is 60.0. The summed E-state index contributed by atoms with van der Waals surface area (Å²) < 4.78 is 11.4. The molecule has 0 bridgehead atoms. The number of nitrogens with one attached hydrogen (secondary N) is 2. The molecule has 0 spiro atoms. The summed E-state index contributed by atoms with van der Waals surface area (Å²) in [6, 6.07) is -0.374. The lowest BCUT2D eigenvalue weighted by atomic mass is 10.0. The van der Waals surface area contributed by atoms with Crippen LogP contribution in [0.1, 0.15) is 265 Å². The van der Waals surface area contributed by atoms with E-state index in [0.717, 1.165) is 103 Å². The SMILES string of the molecule is CCCCCCCCC(CC)OC.CCCCCCCCC(CCCCCCCC)OC(=O)CCCCCCCN(CCCCCCCC=O)CCCNC(=O)C1CCC(=O)N1. The van der Waals surface area contributed by atoms with Crippen LogP contribution in [0.2, 0.25) is 0 Å². The van der Waals surface area contributed by atoms with Crippen LogP contribution in [0.15, 0.2) is 0 Å². The Morgan fingerprint density at radius 3 is 1.55 bits per heavy atom. The number of aldehydes is 1. The molecule has 1 fully saturated rings. The molecule has 2 N–H and O–H groups in total. The average Bonchev–Trinajstić information content (AvgIpc) is 3.72. The summed E-state index contributed by atoms with van der Waals surface area (Å²) in [6.45, 7) is 12.7. The monoisotopic (exact) mass is 878 g/mol. The normalized spacial score (nSPS) is 14.2. The summed E-state index contributed by atoms with van der Waals surface area (Å²) in [6.07, 6.45) is 43.8. The Morgan fingerprint density at radius 1 is 0.629 bits per heavy atom. The van der Waals surface area contributed by atoms with E-state index in [9.17, 15) is 19.2 Å². The maximum atomic E-state index is 12.7. The standard InChI is InChI=1S/C41H77N3O5.C12H26O/c1-3-5-7-9-14-20-27-37(28-21-15-10-8-6-4-2)49-40(47)29-22-16-13-18-24-34-44(33-23-17-11-12-19-25-36-45)35-26-32-42-41(48)38-30-31-39(46)43-38;1-4-6-7-8-9-10-11-12(5-2)13-3/h36-38H,3-35H2,1-2H3,(H,42,48)(H,43,46);12H,4-11H2,1-3H3. The molecule has 2 unspecified atom stereocenters. The van der Waals surface area contributed by atoms with Gasteiger partial charge in [0.15, 0.2) is 0 Å². The molecule has 1 saturated heterocycles. The highest BCUT2D eigenvalue weighted by molar-refractivity contribution is 5.90. The highest BCUT2D eigenvalue weighted by atomic mass is 16.5. The number of hydrogen-bond donors (Lipinski definition) is 2. The number of unbranched alkanes of at least 4 members (excludes halogenated alkanes) is 24. The maximum Gasteiger partial charge on any atom is 0.306 e. The van der Waals surface area contributed by atoms with Gasteiger partial charge in [-0.1, -0.05) is 169 Å². The molecule has 1 aliphatic heterocycles. The summed E-state index contributed by atoms with van der Waals surface area (Å²) in [5, 5.41) is 5.74. The number of carbonyl (C=O) groups is 4. The van der Waals surface area contributed by atoms with Crippen LogP contribution < -0.4 is 10.6 Å². The number of hydrogen-bond acceptors (Lipinski definition) is 7. The Labute approximate surface area is 383 Å². The summed E-state index contributed by atoms with van der Waals surface area (Å²) >= 11 is 0. The summed E-state index contributed by atoms with van der Waals surface area (Å²) in [5.74, 6) is -0.104. The molecular formula is C53H103N3O6. The van der Waals surface area contributed by atoms with E-state index < -0.39 is 0 Å². The number of nitrogens with zero attached hydrogens (tertiary/aromatic N) is 1. The predicted octanol–water partition coefficient (Wildman–Crippen LogP) is 13.5. The number of methoxy groups -OCH3 is 1. The van der Waals surface area contributed by atoms with Gasteiger partial charge in [-0.3, -0.25) is 14.4 Å². The summed E-state index contributed by atoms with van der Waals surface area (Å²) in [5.41, 5.74) is 0. The van der Waals surface area contributed by atoms with Crippen LogP contribution in [0.5, 0.6) is 0 Å². The number of esters is 1. The lowest BCUT2D eigenvalue weighted by molar-refractivity contribution is -0.150. The van der Waals surface area contributed by atoms with Crippen LogP contribution in [-0.2, 0) is 28.7 Å². The summed E-state index contributed by atoms with van der Waals surface area (Å²) in [7, 11) is 1.82. The third-order valence-corrected chi connectivity index (χ3v) is 12.6. The lowest BCUT2D eigenvalue weighted by Gasteiger charge is -2.22. The molecule has 366 valence electrons. The van der Waals surface area contributed by atoms with Crippen molar-refractivity contribution in [2.75, 3.05) is 33.3 Å². The number of rotatable bonds is 45. The molecule has 2 atom stereocenters. The first-order valence-electron chi connectivity index (χ1n) is 26.8. The zero-order valence-electron chi connectivity index (χ0n) is 41.7. The van der Waals surface area contributed by atoms with Gasteiger partial charge < -0.3 is 29.8 Å². The van der Waals surface area contributed by atoms with Crippen LogP contribution in [0.3, 0.4) is 0 Å². The molecule has 2 amide bonds. The van der Waals surface area contributed by atoms with Crippen molar-refractivity contribution in [1.29, 1.82) is 0 Å². The van der Waals surface area contributed by atoms with Crippen LogP contribution in [0.25, 0.3) is 0 Å². The Hall–Kier alpha value is -2.00. The fourth-order valence-corrected chi connectivity index (χ4v) is 8.46. The van der Waals surface area contributed by atoms with Crippen molar-refractivity contribution >= 4 is 24.1 Å². The fraction of sp³-hybridized carbons (Fsp3) is 0.925. The van der Waals surface area contributed by atoms with Gasteiger partial charge in [-0.15, -0.1) is 0 Å². The van der Waals surface area contributed by atoms with E-state index in [-0.39, 0.29) is 29.9 Å². The van der Waals surface area contributed by atoms with E-state index in [1.807, 2.05) is 7.11 Å². The molecule has 1 heterocycles. The van der Waals surface area contributed by atoms with Crippen molar-refractivity contribution < 1.29 is 28.7 Å². The molecule has 9 nitrogen and oxygen atoms in total. The first-order valence-corrected chi connectivity index (χ1v) is 26.8. The zero-order chi connectivity index (χ0) is 45.6. The minimum atomic E-state index is -0.374. The Kier molecular flexibility index (Phi) is 45.5. The number of carbonyl (C=O) groups excluding carboxylic acids is 4. The molecule has 1 aliphatic rings. The van der Waals surface area contributed by atoms with E-state index >= 15 is 0 Å². The number of ether oxygens (including phenoxy) is 2. The Balaban J connectivity index is 0.00000245. The highest BCUT2D eigenvalue weighted by Gasteiger charge is 2.26. The van der Waals surface area contributed by atoms with Crippen molar-refractivity contribution in [1.82, 2.24) is 15.5 Å². The molecular weight excluding hydrogens is 775 g/mol. The van der Waals surface area contributed by atoms with Crippen LogP contribution in [0, 0.1) is 0 Å². The van der Waals surface area contributed by atoms with E-state index in [1.165, 1.54) is 135 Å². The zero-order valence-corrected chi connectivity index (χ0v) is 41.7. The van der Waals surface area contributed by atoms with Gasteiger partial charge in [0.25, 0.3) is 0 Å². The molecule has 0 saturated carbocycles. The molecule has 0 aromatic rings. The predicted molar refractivity (Wildman–Crippen MR) is 262 cm³/mol. The lowest BCUT2D eigenvalue weighted by Crippen LogP contribution is -2.42. The van der Waals surface area contributed by atoms with E-state index in [0.29, 0.717) is 38.3 Å². The van der Waals surface area contributed by atoms with Crippen molar-refractivity contribution in [3.8, 4) is 0 Å². The van der Waals surface area contributed by atoms with Crippen LogP contribution in [0.4, 0.5) is 0 Å². The van der Waals surface area contributed by atoms with Crippen LogP contribution in [-0.4, -0.2) is 80.5 Å². The molecule has 0 aliphatic carbocycles.